The Hall–Kier alpha value is -1.64. The van der Waals surface area contributed by atoms with E-state index >= 15 is 0 Å². The summed E-state index contributed by atoms with van der Waals surface area (Å²) in [5.74, 6) is -0.427. The lowest BCUT2D eigenvalue weighted by Gasteiger charge is -2.32. The zero-order valence-electron chi connectivity index (χ0n) is 12.9. The van der Waals surface area contributed by atoms with Crippen molar-refractivity contribution in [3.8, 4) is 0 Å². The summed E-state index contributed by atoms with van der Waals surface area (Å²) in [6.07, 6.45) is 2.12. The number of fused-ring (bicyclic) bond motifs is 1. The number of nitrogens with two attached hydrogens (primary N) is 1. The van der Waals surface area contributed by atoms with Crippen LogP contribution in [-0.4, -0.2) is 44.3 Å². The summed E-state index contributed by atoms with van der Waals surface area (Å²) in [6, 6.07) is 8.05. The van der Waals surface area contributed by atoms with Crippen LogP contribution in [0.3, 0.4) is 0 Å². The zero-order valence-corrected chi connectivity index (χ0v) is 13.7. The first kappa shape index (κ1) is 16.2. The van der Waals surface area contributed by atoms with E-state index in [0.717, 1.165) is 12.1 Å². The van der Waals surface area contributed by atoms with Gasteiger partial charge < -0.3 is 10.6 Å². The molecule has 0 radical (unpaired) electrons. The minimum Gasteiger partial charge on any atom is -0.383 e. The van der Waals surface area contributed by atoms with Gasteiger partial charge in [-0.1, -0.05) is 18.2 Å². The summed E-state index contributed by atoms with van der Waals surface area (Å²) >= 11 is 0. The number of benzene rings is 1. The van der Waals surface area contributed by atoms with E-state index in [4.69, 9.17) is 5.14 Å². The third-order valence-electron chi connectivity index (χ3n) is 4.48. The lowest BCUT2D eigenvalue weighted by Crippen LogP contribution is -2.51. The maximum atomic E-state index is 12.4. The van der Waals surface area contributed by atoms with Crippen LogP contribution in [0, 0.1) is 5.92 Å². The Labute approximate surface area is 136 Å². The Kier molecular flexibility index (Phi) is 4.56. The van der Waals surface area contributed by atoms with Crippen molar-refractivity contribution in [1.82, 2.24) is 9.62 Å². The highest BCUT2D eigenvalue weighted by atomic mass is 32.2. The molecule has 23 heavy (non-hydrogen) atoms. The van der Waals surface area contributed by atoms with Crippen LogP contribution in [0.15, 0.2) is 24.3 Å². The highest BCUT2D eigenvalue weighted by molar-refractivity contribution is 7.86. The van der Waals surface area contributed by atoms with Gasteiger partial charge in [0, 0.05) is 25.3 Å². The molecule has 4 N–H and O–H groups in total. The summed E-state index contributed by atoms with van der Waals surface area (Å²) < 4.78 is 24.1. The van der Waals surface area contributed by atoms with Crippen molar-refractivity contribution in [3.05, 3.63) is 29.8 Å². The van der Waals surface area contributed by atoms with Crippen LogP contribution in [0.5, 0.6) is 0 Å². The van der Waals surface area contributed by atoms with Gasteiger partial charge in [0.2, 0.25) is 5.91 Å². The van der Waals surface area contributed by atoms with Gasteiger partial charge >= 0.3 is 0 Å². The average molecular weight is 338 g/mol. The van der Waals surface area contributed by atoms with Crippen LogP contribution in [0.2, 0.25) is 0 Å². The van der Waals surface area contributed by atoms with Gasteiger partial charge in [0.1, 0.15) is 0 Å². The molecule has 1 fully saturated rings. The number of nitrogens with zero attached hydrogens (tertiary/aromatic N) is 1. The fraction of sp³-hybridized carbons (Fsp3) is 0.533. The lowest BCUT2D eigenvalue weighted by atomic mass is 9.96. The van der Waals surface area contributed by atoms with Crippen LogP contribution in [-0.2, 0) is 21.4 Å². The van der Waals surface area contributed by atoms with Gasteiger partial charge in [0.05, 0.1) is 12.0 Å². The maximum Gasteiger partial charge on any atom is 0.276 e. The molecule has 0 bridgehead atoms. The van der Waals surface area contributed by atoms with E-state index in [2.05, 4.69) is 10.6 Å². The highest BCUT2D eigenvalue weighted by Crippen LogP contribution is 2.22. The number of carbonyl (C=O) groups excluding carboxylic acids is 1. The number of nitrogens with one attached hydrogen (secondary N) is 2. The van der Waals surface area contributed by atoms with Gasteiger partial charge in [-0.2, -0.15) is 12.7 Å². The van der Waals surface area contributed by atoms with Gasteiger partial charge in [-0.15, -0.1) is 0 Å². The minimum absolute atomic E-state index is 0.0160. The summed E-state index contributed by atoms with van der Waals surface area (Å²) in [7, 11) is -3.72. The molecule has 2 unspecified atom stereocenters. The fourth-order valence-corrected chi connectivity index (χ4v) is 4.02. The van der Waals surface area contributed by atoms with E-state index in [1.54, 1.807) is 0 Å². The molecular formula is C15H22N4O3S. The summed E-state index contributed by atoms with van der Waals surface area (Å²) in [4.78, 5) is 12.4. The molecule has 2 aliphatic rings. The zero-order chi connectivity index (χ0) is 16.4. The molecule has 1 aromatic carbocycles. The number of piperidine rings is 1. The van der Waals surface area contributed by atoms with Crippen molar-refractivity contribution in [2.24, 2.45) is 11.1 Å². The van der Waals surface area contributed by atoms with E-state index in [1.165, 1.54) is 9.87 Å². The van der Waals surface area contributed by atoms with Crippen LogP contribution < -0.4 is 15.8 Å². The second-order valence-corrected chi connectivity index (χ2v) is 7.74. The number of carbonyl (C=O) groups is 1. The number of amides is 1. The average Bonchev–Trinajstić information content (AvgIpc) is 2.54. The molecule has 3 rings (SSSR count). The monoisotopic (exact) mass is 338 g/mol. The Balaban J connectivity index is 1.59. The first-order valence-corrected chi connectivity index (χ1v) is 9.34. The van der Waals surface area contributed by atoms with Gasteiger partial charge in [-0.05, 0) is 30.9 Å². The molecule has 0 spiro atoms. The van der Waals surface area contributed by atoms with Crippen molar-refractivity contribution in [1.29, 1.82) is 0 Å². The van der Waals surface area contributed by atoms with Gasteiger partial charge in [0.25, 0.3) is 10.2 Å². The van der Waals surface area contributed by atoms with Crippen LogP contribution in [0.25, 0.3) is 0 Å². The fourth-order valence-electron chi connectivity index (χ4n) is 3.25. The molecule has 126 valence electrons. The Bertz CT molecular complexity index is 692. The van der Waals surface area contributed by atoms with E-state index in [0.29, 0.717) is 25.9 Å². The smallest absolute Gasteiger partial charge is 0.276 e. The molecule has 0 aromatic heterocycles. The molecule has 1 amide bonds. The van der Waals surface area contributed by atoms with Gasteiger partial charge in [0.15, 0.2) is 0 Å². The van der Waals surface area contributed by atoms with E-state index < -0.39 is 10.2 Å². The third-order valence-corrected chi connectivity index (χ3v) is 5.54. The van der Waals surface area contributed by atoms with Crippen LogP contribution in [0.4, 0.5) is 5.69 Å². The van der Waals surface area contributed by atoms with E-state index in [1.807, 2.05) is 24.3 Å². The molecule has 8 heteroatoms. The number of para-hydroxylation sites is 1. The second kappa shape index (κ2) is 6.46. The highest BCUT2D eigenvalue weighted by Gasteiger charge is 2.31. The van der Waals surface area contributed by atoms with Crippen molar-refractivity contribution < 1.29 is 13.2 Å². The van der Waals surface area contributed by atoms with Crippen molar-refractivity contribution in [2.45, 2.75) is 25.3 Å². The first-order chi connectivity index (χ1) is 10.9. The molecule has 7 nitrogen and oxygen atoms in total. The van der Waals surface area contributed by atoms with Crippen molar-refractivity contribution >= 4 is 21.8 Å². The standard InChI is InChI=1S/C15H22N4O3S/c16-23(21,22)19-7-3-5-12(10-19)15(20)18-13-8-11-4-1-2-6-14(11)17-9-13/h1-2,4,6,12-13,17H,3,5,7-10H2,(H,18,20)(H2,16,21,22). The predicted molar refractivity (Wildman–Crippen MR) is 88.0 cm³/mol. The summed E-state index contributed by atoms with van der Waals surface area (Å²) in [5.41, 5.74) is 2.29. The molecular weight excluding hydrogens is 316 g/mol. The van der Waals surface area contributed by atoms with Gasteiger partial charge in [-0.3, -0.25) is 4.79 Å². The Morgan fingerprint density at radius 2 is 2.13 bits per heavy atom. The van der Waals surface area contributed by atoms with Crippen molar-refractivity contribution in [3.63, 3.8) is 0 Å². The molecule has 1 aromatic rings. The van der Waals surface area contributed by atoms with E-state index in [9.17, 15) is 13.2 Å². The molecule has 1 saturated heterocycles. The minimum atomic E-state index is -3.72. The number of anilines is 1. The van der Waals surface area contributed by atoms with Crippen LogP contribution >= 0.6 is 0 Å². The Morgan fingerprint density at radius 3 is 2.91 bits per heavy atom. The molecule has 0 aliphatic carbocycles. The number of hydrogen-bond donors (Lipinski definition) is 3. The molecule has 2 heterocycles. The second-order valence-electron chi connectivity index (χ2n) is 6.19. The molecule has 0 saturated carbocycles. The Morgan fingerprint density at radius 1 is 1.35 bits per heavy atom. The lowest BCUT2D eigenvalue weighted by molar-refractivity contribution is -0.126. The topological polar surface area (TPSA) is 105 Å². The molecule has 2 aliphatic heterocycles. The maximum absolute atomic E-state index is 12.4. The number of hydrogen-bond acceptors (Lipinski definition) is 4. The first-order valence-electron chi connectivity index (χ1n) is 7.83. The van der Waals surface area contributed by atoms with Gasteiger partial charge in [-0.25, -0.2) is 5.14 Å². The number of rotatable bonds is 3. The van der Waals surface area contributed by atoms with Crippen LogP contribution in [0.1, 0.15) is 18.4 Å². The van der Waals surface area contributed by atoms with E-state index in [-0.39, 0.29) is 24.4 Å². The quantitative estimate of drug-likeness (QED) is 0.724. The predicted octanol–water partition coefficient (Wildman–Crippen LogP) is 0.0549. The SMILES string of the molecule is NS(=O)(=O)N1CCCC(C(=O)NC2CNc3ccccc3C2)C1. The molecule has 2 atom stereocenters. The third kappa shape index (κ3) is 3.82. The van der Waals surface area contributed by atoms with Crippen molar-refractivity contribution in [2.75, 3.05) is 25.0 Å². The largest absolute Gasteiger partial charge is 0.383 e. The normalized spacial score (nSPS) is 25.3. The summed E-state index contributed by atoms with van der Waals surface area (Å²) in [5, 5.41) is 11.5. The summed E-state index contributed by atoms with van der Waals surface area (Å²) in [6.45, 7) is 1.23.